The average Bonchev–Trinajstić information content (AvgIpc) is 2.78. The summed E-state index contributed by atoms with van der Waals surface area (Å²) in [6, 6.07) is 20.8. The molecule has 0 aliphatic heterocycles. The molecule has 0 spiro atoms. The minimum Gasteiger partial charge on any atom is -0.488 e. The van der Waals surface area contributed by atoms with E-state index >= 15 is 0 Å². The van der Waals surface area contributed by atoms with Crippen LogP contribution in [0.1, 0.15) is 31.7 Å². The number of hydrogen-bond donors (Lipinski definition) is 0. The van der Waals surface area contributed by atoms with E-state index in [-0.39, 0.29) is 0 Å². The lowest BCUT2D eigenvalue weighted by Gasteiger charge is -2.07. The monoisotopic (exact) mass is 401 g/mol. The van der Waals surface area contributed by atoms with E-state index in [1.807, 2.05) is 12.1 Å². The molecular weight excluding hydrogens is 373 g/mol. The molecular formula is C27H28FNO. The summed E-state index contributed by atoms with van der Waals surface area (Å²) >= 11 is 0. The van der Waals surface area contributed by atoms with Gasteiger partial charge in [0.25, 0.3) is 0 Å². The van der Waals surface area contributed by atoms with E-state index in [4.69, 9.17) is 4.74 Å². The van der Waals surface area contributed by atoms with Crippen LogP contribution in [0.2, 0.25) is 0 Å². The number of halogens is 1. The Hall–Kier alpha value is -3.20. The summed E-state index contributed by atoms with van der Waals surface area (Å²) in [5, 5.41) is 0. The number of benzene rings is 2. The molecule has 3 aromatic rings. The Bertz CT molecular complexity index is 942. The Morgan fingerprint density at radius 3 is 2.23 bits per heavy atom. The van der Waals surface area contributed by atoms with Crippen LogP contribution in [0.15, 0.2) is 85.6 Å². The molecule has 0 bridgehead atoms. The van der Waals surface area contributed by atoms with Crippen LogP contribution in [-0.2, 0) is 0 Å². The van der Waals surface area contributed by atoms with Crippen molar-refractivity contribution >= 4 is 6.08 Å². The van der Waals surface area contributed by atoms with Crippen LogP contribution in [0.25, 0.3) is 28.5 Å². The maximum atomic E-state index is 12.8. The Labute approximate surface area is 178 Å². The first-order chi connectivity index (χ1) is 14.7. The molecule has 3 heteroatoms. The highest BCUT2D eigenvalue weighted by atomic mass is 19.1. The number of unbranched alkanes of at least 4 members (excludes halogenated alkanes) is 1. The lowest BCUT2D eigenvalue weighted by Crippen LogP contribution is -1.93. The fraction of sp³-hybridized carbons (Fsp3) is 0.222. The molecule has 0 N–H and O–H groups in total. The number of aromatic nitrogens is 1. The molecule has 1 unspecified atom stereocenters. The van der Waals surface area contributed by atoms with Gasteiger partial charge in [-0.25, -0.2) is 4.39 Å². The molecule has 1 aromatic heterocycles. The largest absolute Gasteiger partial charge is 0.488 e. The third-order valence-electron chi connectivity index (χ3n) is 4.81. The van der Waals surface area contributed by atoms with E-state index in [1.54, 1.807) is 19.2 Å². The number of pyridine rings is 1. The van der Waals surface area contributed by atoms with Crippen molar-refractivity contribution in [1.29, 1.82) is 0 Å². The highest BCUT2D eigenvalue weighted by Gasteiger charge is 2.03. The van der Waals surface area contributed by atoms with E-state index in [0.29, 0.717) is 13.0 Å². The molecule has 0 aliphatic rings. The zero-order chi connectivity index (χ0) is 21.2. The average molecular weight is 402 g/mol. The Morgan fingerprint density at radius 2 is 1.63 bits per heavy atom. The summed E-state index contributed by atoms with van der Waals surface area (Å²) in [5.74, 6) is 0.737. The first-order valence-corrected chi connectivity index (χ1v) is 10.4. The van der Waals surface area contributed by atoms with Gasteiger partial charge in [-0.2, -0.15) is 0 Å². The van der Waals surface area contributed by atoms with Gasteiger partial charge in [-0.15, -0.1) is 0 Å². The summed E-state index contributed by atoms with van der Waals surface area (Å²) in [6.07, 6.45) is 9.38. The van der Waals surface area contributed by atoms with Gasteiger partial charge >= 0.3 is 0 Å². The van der Waals surface area contributed by atoms with Crippen LogP contribution in [0, 0.1) is 0 Å². The Morgan fingerprint density at radius 1 is 0.967 bits per heavy atom. The van der Waals surface area contributed by atoms with E-state index in [2.05, 4.69) is 72.2 Å². The summed E-state index contributed by atoms with van der Waals surface area (Å²) in [7, 11) is 0. The maximum absolute atomic E-state index is 12.8. The van der Waals surface area contributed by atoms with Gasteiger partial charge in [-0.3, -0.25) is 4.98 Å². The van der Waals surface area contributed by atoms with Crippen molar-refractivity contribution in [2.75, 3.05) is 6.61 Å². The van der Waals surface area contributed by atoms with Gasteiger partial charge in [0, 0.05) is 5.56 Å². The highest BCUT2D eigenvalue weighted by Crippen LogP contribution is 2.25. The molecule has 3 rings (SSSR count). The molecule has 30 heavy (non-hydrogen) atoms. The normalized spacial score (nSPS) is 12.1. The van der Waals surface area contributed by atoms with Crippen molar-refractivity contribution in [2.24, 2.45) is 0 Å². The molecule has 1 atom stereocenters. The van der Waals surface area contributed by atoms with Gasteiger partial charge in [0.1, 0.15) is 12.4 Å². The van der Waals surface area contributed by atoms with E-state index in [9.17, 15) is 4.39 Å². The van der Waals surface area contributed by atoms with Gasteiger partial charge in [-0.05, 0) is 55.0 Å². The number of rotatable bonds is 10. The van der Waals surface area contributed by atoms with Crippen LogP contribution < -0.4 is 4.74 Å². The lowest BCUT2D eigenvalue weighted by molar-refractivity contribution is 0.335. The second-order valence-corrected chi connectivity index (χ2v) is 7.29. The Kier molecular flexibility index (Phi) is 7.96. The quantitative estimate of drug-likeness (QED) is 0.259. The standard InChI is InChI=1S/C27H28FNO/c1-3-19-30-26-17-18-27(29-20-26)25-15-13-24(14-16-25)23-11-9-22(10-12-23)8-6-4-5-7-21(2)28/h3,6,8-18,20-21H,1,4-5,7,19H2,2H3/b8-6+. The smallest absolute Gasteiger partial charge is 0.138 e. The predicted molar refractivity (Wildman–Crippen MR) is 124 cm³/mol. The van der Waals surface area contributed by atoms with Crippen LogP contribution >= 0.6 is 0 Å². The topological polar surface area (TPSA) is 22.1 Å². The van der Waals surface area contributed by atoms with Crippen LogP contribution in [0.4, 0.5) is 4.39 Å². The number of ether oxygens (including phenoxy) is 1. The third-order valence-corrected chi connectivity index (χ3v) is 4.81. The number of allylic oxidation sites excluding steroid dienone is 1. The maximum Gasteiger partial charge on any atom is 0.138 e. The molecule has 0 fully saturated rings. The van der Waals surface area contributed by atoms with Gasteiger partial charge in [0.2, 0.25) is 0 Å². The molecule has 0 aliphatic carbocycles. The molecule has 2 nitrogen and oxygen atoms in total. The zero-order valence-electron chi connectivity index (χ0n) is 17.4. The summed E-state index contributed by atoms with van der Waals surface area (Å²) in [4.78, 5) is 4.48. The minimum atomic E-state index is -0.712. The van der Waals surface area contributed by atoms with Crippen LogP contribution in [-0.4, -0.2) is 17.8 Å². The zero-order valence-corrected chi connectivity index (χ0v) is 17.4. The van der Waals surface area contributed by atoms with E-state index in [1.165, 1.54) is 5.56 Å². The molecule has 154 valence electrons. The van der Waals surface area contributed by atoms with E-state index in [0.717, 1.165) is 41.0 Å². The summed E-state index contributed by atoms with van der Waals surface area (Å²) < 4.78 is 18.3. The molecule has 1 heterocycles. The molecule has 0 radical (unpaired) electrons. The van der Waals surface area contributed by atoms with Crippen molar-refractivity contribution < 1.29 is 9.13 Å². The lowest BCUT2D eigenvalue weighted by atomic mass is 10.0. The first kappa shape index (κ1) is 21.5. The Balaban J connectivity index is 1.60. The second kappa shape index (κ2) is 11.1. The molecule has 2 aromatic carbocycles. The van der Waals surface area contributed by atoms with Gasteiger partial charge < -0.3 is 4.74 Å². The van der Waals surface area contributed by atoms with Crippen molar-refractivity contribution in [3.05, 3.63) is 91.2 Å². The van der Waals surface area contributed by atoms with Gasteiger partial charge in [0.05, 0.1) is 18.1 Å². The highest BCUT2D eigenvalue weighted by molar-refractivity contribution is 5.70. The minimum absolute atomic E-state index is 0.475. The van der Waals surface area contributed by atoms with Gasteiger partial charge in [0.15, 0.2) is 0 Å². The van der Waals surface area contributed by atoms with Crippen molar-refractivity contribution in [3.63, 3.8) is 0 Å². The molecule has 0 saturated carbocycles. The van der Waals surface area contributed by atoms with Crippen LogP contribution in [0.3, 0.4) is 0 Å². The number of alkyl halides is 1. The van der Waals surface area contributed by atoms with Crippen LogP contribution in [0.5, 0.6) is 5.75 Å². The molecule has 0 saturated heterocycles. The van der Waals surface area contributed by atoms with E-state index < -0.39 is 6.17 Å². The van der Waals surface area contributed by atoms with Crippen molar-refractivity contribution in [2.45, 2.75) is 32.4 Å². The summed E-state index contributed by atoms with van der Waals surface area (Å²) in [6.45, 7) is 5.73. The second-order valence-electron chi connectivity index (χ2n) is 7.29. The number of nitrogens with zero attached hydrogens (tertiary/aromatic N) is 1. The third kappa shape index (κ3) is 6.41. The molecule has 0 amide bonds. The van der Waals surface area contributed by atoms with Crippen molar-refractivity contribution in [1.82, 2.24) is 4.98 Å². The fourth-order valence-corrected chi connectivity index (χ4v) is 3.15. The summed E-state index contributed by atoms with van der Waals surface area (Å²) in [5.41, 5.74) is 5.47. The van der Waals surface area contributed by atoms with Gasteiger partial charge in [-0.1, -0.05) is 73.3 Å². The number of hydrogen-bond acceptors (Lipinski definition) is 2. The first-order valence-electron chi connectivity index (χ1n) is 10.4. The fourth-order valence-electron chi connectivity index (χ4n) is 3.15. The van der Waals surface area contributed by atoms with Crippen molar-refractivity contribution in [3.8, 4) is 28.1 Å². The predicted octanol–water partition coefficient (Wildman–Crippen LogP) is 7.52. The SMILES string of the molecule is C=CCOc1ccc(-c2ccc(-c3ccc(/C=C/CCCC(C)F)cc3)cc2)nc1.